The molecule has 0 aromatic carbocycles. The van der Waals surface area contributed by atoms with Crippen molar-refractivity contribution in [3.8, 4) is 0 Å². The van der Waals surface area contributed by atoms with Crippen LogP contribution in [0.5, 0.6) is 0 Å². The minimum atomic E-state index is 0.0621. The average Bonchev–Trinajstić information content (AvgIpc) is 2.30. The molecular formula is C15H25N3O. The molecule has 4 nitrogen and oxygen atoms in total. The number of rotatable bonds is 7. The van der Waals surface area contributed by atoms with E-state index < -0.39 is 0 Å². The Morgan fingerprint density at radius 1 is 1.26 bits per heavy atom. The van der Waals surface area contributed by atoms with Crippen LogP contribution in [0.15, 0.2) is 18.3 Å². The first-order chi connectivity index (χ1) is 8.97. The van der Waals surface area contributed by atoms with Gasteiger partial charge in [-0.3, -0.25) is 4.79 Å². The average molecular weight is 263 g/mol. The Balaban J connectivity index is 2.38. The van der Waals surface area contributed by atoms with E-state index >= 15 is 0 Å². The minimum absolute atomic E-state index is 0.0621. The number of anilines is 2. The van der Waals surface area contributed by atoms with Crippen LogP contribution in [0.2, 0.25) is 0 Å². The molecule has 0 unspecified atom stereocenters. The number of carbonyl (C=O) groups is 1. The lowest BCUT2D eigenvalue weighted by atomic mass is 10.1. The molecular weight excluding hydrogens is 238 g/mol. The third-order valence-electron chi connectivity index (χ3n) is 2.67. The maximum absolute atomic E-state index is 11.7. The van der Waals surface area contributed by atoms with Crippen molar-refractivity contribution in [3.05, 3.63) is 18.3 Å². The lowest BCUT2D eigenvalue weighted by molar-refractivity contribution is -0.116. The van der Waals surface area contributed by atoms with E-state index in [4.69, 9.17) is 0 Å². The summed E-state index contributed by atoms with van der Waals surface area (Å²) >= 11 is 0. The van der Waals surface area contributed by atoms with E-state index in [-0.39, 0.29) is 5.91 Å². The van der Waals surface area contributed by atoms with E-state index in [0.717, 1.165) is 24.3 Å². The van der Waals surface area contributed by atoms with Crippen molar-refractivity contribution >= 4 is 17.4 Å². The number of nitrogens with zero attached hydrogens (tertiary/aromatic N) is 1. The molecule has 0 aliphatic carbocycles. The second-order valence-electron chi connectivity index (χ2n) is 5.57. The van der Waals surface area contributed by atoms with Crippen LogP contribution in [0.1, 0.15) is 47.0 Å². The SMILES string of the molecule is CC(C)CCCC(=O)Nc1ccc(NC(C)C)nc1. The van der Waals surface area contributed by atoms with Gasteiger partial charge in [0, 0.05) is 12.5 Å². The fraction of sp³-hybridized carbons (Fsp3) is 0.600. The van der Waals surface area contributed by atoms with E-state index in [1.54, 1.807) is 6.20 Å². The van der Waals surface area contributed by atoms with Gasteiger partial charge in [-0.25, -0.2) is 4.98 Å². The predicted molar refractivity (Wildman–Crippen MR) is 80.3 cm³/mol. The number of nitrogens with one attached hydrogen (secondary N) is 2. The van der Waals surface area contributed by atoms with E-state index in [2.05, 4.69) is 43.3 Å². The Morgan fingerprint density at radius 3 is 2.53 bits per heavy atom. The van der Waals surface area contributed by atoms with Crippen molar-refractivity contribution in [2.24, 2.45) is 5.92 Å². The van der Waals surface area contributed by atoms with Crippen molar-refractivity contribution in [1.29, 1.82) is 0 Å². The molecule has 0 atom stereocenters. The summed E-state index contributed by atoms with van der Waals surface area (Å²) in [6.07, 6.45) is 4.28. The second kappa shape index (κ2) is 7.77. The molecule has 0 radical (unpaired) electrons. The summed E-state index contributed by atoms with van der Waals surface area (Å²) in [4.78, 5) is 16.0. The molecule has 106 valence electrons. The van der Waals surface area contributed by atoms with Crippen molar-refractivity contribution in [2.75, 3.05) is 10.6 Å². The first-order valence-electron chi connectivity index (χ1n) is 7.00. The van der Waals surface area contributed by atoms with Crippen molar-refractivity contribution in [3.63, 3.8) is 0 Å². The fourth-order valence-corrected chi connectivity index (χ4v) is 1.74. The minimum Gasteiger partial charge on any atom is -0.368 e. The summed E-state index contributed by atoms with van der Waals surface area (Å²) in [5.41, 5.74) is 0.754. The van der Waals surface area contributed by atoms with Crippen LogP contribution in [0.25, 0.3) is 0 Å². The molecule has 1 rings (SSSR count). The fourth-order valence-electron chi connectivity index (χ4n) is 1.74. The molecule has 0 spiro atoms. The molecule has 0 aliphatic rings. The number of hydrogen-bond acceptors (Lipinski definition) is 3. The van der Waals surface area contributed by atoms with Crippen molar-refractivity contribution in [1.82, 2.24) is 4.98 Å². The standard InChI is InChI=1S/C15H25N3O/c1-11(2)6-5-7-15(19)18-13-8-9-14(16-10-13)17-12(3)4/h8-12H,5-7H2,1-4H3,(H,16,17)(H,18,19). The number of pyridine rings is 1. The van der Waals surface area contributed by atoms with Crippen LogP contribution < -0.4 is 10.6 Å². The van der Waals surface area contributed by atoms with Gasteiger partial charge in [-0.1, -0.05) is 20.3 Å². The van der Waals surface area contributed by atoms with Crippen LogP contribution in [0.3, 0.4) is 0 Å². The van der Waals surface area contributed by atoms with Gasteiger partial charge >= 0.3 is 0 Å². The number of aromatic nitrogens is 1. The van der Waals surface area contributed by atoms with Crippen LogP contribution in [0, 0.1) is 5.92 Å². The van der Waals surface area contributed by atoms with Gasteiger partial charge in [-0.2, -0.15) is 0 Å². The van der Waals surface area contributed by atoms with Gasteiger partial charge in [0.1, 0.15) is 5.82 Å². The molecule has 0 saturated carbocycles. The summed E-state index contributed by atoms with van der Waals surface area (Å²) in [6, 6.07) is 4.10. The smallest absolute Gasteiger partial charge is 0.224 e. The molecule has 1 heterocycles. The third-order valence-corrected chi connectivity index (χ3v) is 2.67. The van der Waals surface area contributed by atoms with Crippen LogP contribution in [-0.2, 0) is 4.79 Å². The Labute approximate surface area is 116 Å². The summed E-state index contributed by atoms with van der Waals surface area (Å²) in [7, 11) is 0. The maximum atomic E-state index is 11.7. The van der Waals surface area contributed by atoms with Crippen molar-refractivity contribution < 1.29 is 4.79 Å². The molecule has 1 aromatic rings. The van der Waals surface area contributed by atoms with E-state index in [1.807, 2.05) is 12.1 Å². The van der Waals surface area contributed by atoms with E-state index in [1.165, 1.54) is 0 Å². The van der Waals surface area contributed by atoms with Crippen LogP contribution in [-0.4, -0.2) is 16.9 Å². The summed E-state index contributed by atoms with van der Waals surface area (Å²) in [5, 5.41) is 6.08. The summed E-state index contributed by atoms with van der Waals surface area (Å²) in [5.74, 6) is 1.54. The van der Waals surface area contributed by atoms with Gasteiger partial charge in [0.15, 0.2) is 0 Å². The molecule has 4 heteroatoms. The van der Waals surface area contributed by atoms with Gasteiger partial charge in [-0.05, 0) is 38.3 Å². The molecule has 0 bridgehead atoms. The van der Waals surface area contributed by atoms with Crippen LogP contribution >= 0.6 is 0 Å². The number of hydrogen-bond donors (Lipinski definition) is 2. The Kier molecular flexibility index (Phi) is 6.33. The van der Waals surface area contributed by atoms with Gasteiger partial charge < -0.3 is 10.6 Å². The lowest BCUT2D eigenvalue weighted by Gasteiger charge is -2.10. The number of carbonyl (C=O) groups excluding carboxylic acids is 1. The molecule has 0 aliphatic heterocycles. The quantitative estimate of drug-likeness (QED) is 0.789. The highest BCUT2D eigenvalue weighted by atomic mass is 16.1. The van der Waals surface area contributed by atoms with Gasteiger partial charge in [-0.15, -0.1) is 0 Å². The highest BCUT2D eigenvalue weighted by Gasteiger charge is 2.04. The summed E-state index contributed by atoms with van der Waals surface area (Å²) in [6.45, 7) is 8.46. The second-order valence-corrected chi connectivity index (χ2v) is 5.57. The van der Waals surface area contributed by atoms with Gasteiger partial charge in [0.05, 0.1) is 11.9 Å². The topological polar surface area (TPSA) is 54.0 Å². The lowest BCUT2D eigenvalue weighted by Crippen LogP contribution is -2.13. The largest absolute Gasteiger partial charge is 0.368 e. The Hall–Kier alpha value is -1.58. The van der Waals surface area contributed by atoms with E-state index in [9.17, 15) is 4.79 Å². The predicted octanol–water partition coefficient (Wildman–Crippen LogP) is 3.67. The zero-order valence-corrected chi connectivity index (χ0v) is 12.4. The van der Waals surface area contributed by atoms with Gasteiger partial charge in [0.2, 0.25) is 5.91 Å². The molecule has 2 N–H and O–H groups in total. The highest BCUT2D eigenvalue weighted by Crippen LogP contribution is 2.12. The first-order valence-corrected chi connectivity index (χ1v) is 7.00. The molecule has 0 fully saturated rings. The molecule has 0 saturated heterocycles. The Bertz CT molecular complexity index is 385. The zero-order valence-electron chi connectivity index (χ0n) is 12.4. The Morgan fingerprint density at radius 2 is 2.00 bits per heavy atom. The normalized spacial score (nSPS) is 10.8. The van der Waals surface area contributed by atoms with Crippen LogP contribution in [0.4, 0.5) is 11.5 Å². The molecule has 1 aromatic heterocycles. The number of amides is 1. The summed E-state index contributed by atoms with van der Waals surface area (Å²) < 4.78 is 0. The first kappa shape index (κ1) is 15.5. The van der Waals surface area contributed by atoms with Crippen molar-refractivity contribution in [2.45, 2.75) is 53.0 Å². The third kappa shape index (κ3) is 6.79. The molecule has 1 amide bonds. The monoisotopic (exact) mass is 263 g/mol. The molecule has 19 heavy (non-hydrogen) atoms. The highest BCUT2D eigenvalue weighted by molar-refractivity contribution is 5.90. The van der Waals surface area contributed by atoms with Gasteiger partial charge in [0.25, 0.3) is 0 Å². The maximum Gasteiger partial charge on any atom is 0.224 e. The zero-order chi connectivity index (χ0) is 14.3. The van der Waals surface area contributed by atoms with E-state index in [0.29, 0.717) is 18.4 Å².